The van der Waals surface area contributed by atoms with Crippen molar-refractivity contribution >= 4 is 48.5 Å². The lowest BCUT2D eigenvalue weighted by Gasteiger charge is -2.46. The lowest BCUT2D eigenvalue weighted by Crippen LogP contribution is -2.50. The number of hydrogen-bond donors (Lipinski definition) is 6. The monoisotopic (exact) mass is 1260 g/mol. The van der Waals surface area contributed by atoms with E-state index < -0.39 is 80.5 Å². The molecule has 2 rings (SSSR count). The first-order chi connectivity index (χ1) is 40.8. The second-order valence-electron chi connectivity index (χ2n) is 24.4. The van der Waals surface area contributed by atoms with Crippen LogP contribution in [0.15, 0.2) is 24.3 Å². The van der Waals surface area contributed by atoms with Crippen LogP contribution in [0.3, 0.4) is 0 Å². The third-order valence-corrected chi connectivity index (χ3v) is 13.4. The number of carbonyl (C=O) groups excluding carboxylic acids is 8. The van der Waals surface area contributed by atoms with Gasteiger partial charge in [0.15, 0.2) is 6.61 Å². The standard InChI is InChI=1S/C30H50F3N3O9.C26H46N2O6.C4H8FNO2/c1-22(2)24(37)41-16-12-34-25(38)42-13-9-7-6-8-10-14-43-26(39)35-20-29(5)18-23(17-28(3,4)19-29)36-27(40)44-21-30(32,33)45-15-11-31;1-20(2)22(29)32-15-12-27-23(30)33-13-10-8-7-9-11-14-34-24(31)28-19-26(6)17-21(3)16-25(4,5)18-26;1-6-4(7)8-3-2-5/h23H,1,6-21H2,2-5H3,(H,34,38)(H,35,39)(H,36,40);21H,1,7-19H2,2-6H3,(H,27,30)(H,28,31);2-3H2,1H3,(H,6,7). The Balaban J connectivity index is 0.00000155. The SMILES string of the molecule is C=C(C)C(=O)OCCNC(=O)OCCCCCCCOC(=O)NCC1(C)CC(C)CC(C)(C)C1.C=C(C)C(=O)OCCNC(=O)OCCCCCCCOC(=O)NCC1(C)CC(NC(=O)OCC(F)(F)OCCF)CC(C)(C)C1.CNC(=O)OCCF. The average Bonchev–Trinajstić information content (AvgIpc) is 1.27. The molecule has 504 valence electrons. The molecule has 4 atom stereocenters. The molecular weight excluding hydrogens is 1150 g/mol. The zero-order valence-corrected chi connectivity index (χ0v) is 53.4. The molecule has 0 aromatic rings. The van der Waals surface area contributed by atoms with Crippen molar-refractivity contribution in [2.45, 2.75) is 177 Å². The van der Waals surface area contributed by atoms with Gasteiger partial charge in [0.2, 0.25) is 0 Å². The van der Waals surface area contributed by atoms with Gasteiger partial charge in [-0.1, -0.05) is 100 Å². The van der Waals surface area contributed by atoms with Gasteiger partial charge in [-0.25, -0.2) is 47.1 Å². The van der Waals surface area contributed by atoms with Crippen LogP contribution in [0.25, 0.3) is 0 Å². The molecule has 0 aliphatic heterocycles. The van der Waals surface area contributed by atoms with E-state index in [4.69, 9.17) is 28.4 Å². The number of alkyl carbamates (subject to hydrolysis) is 6. The number of unbranched alkanes of at least 4 members (excludes halogenated alkanes) is 8. The average molecular weight is 1260 g/mol. The Morgan fingerprint density at radius 1 is 0.471 bits per heavy atom. The Bertz CT molecular complexity index is 2090. The normalized spacial score (nSPS) is 19.0. The lowest BCUT2D eigenvalue weighted by molar-refractivity contribution is -0.257. The number of carbonyl (C=O) groups is 8. The van der Waals surface area contributed by atoms with Crippen LogP contribution in [0.2, 0.25) is 0 Å². The van der Waals surface area contributed by atoms with Crippen molar-refractivity contribution in [3.63, 3.8) is 0 Å². The van der Waals surface area contributed by atoms with Crippen LogP contribution in [-0.4, -0.2) is 167 Å². The van der Waals surface area contributed by atoms with Gasteiger partial charge < -0.3 is 74.5 Å². The van der Waals surface area contributed by atoms with Crippen molar-refractivity contribution in [2.24, 2.45) is 27.6 Å². The predicted octanol–water partition coefficient (Wildman–Crippen LogP) is 11.1. The molecule has 0 bridgehead atoms. The Morgan fingerprint density at radius 3 is 1.24 bits per heavy atom. The van der Waals surface area contributed by atoms with E-state index in [9.17, 15) is 55.9 Å². The highest BCUT2D eigenvalue weighted by atomic mass is 19.3. The lowest BCUT2D eigenvalue weighted by atomic mass is 9.61. The first-order valence-electron chi connectivity index (χ1n) is 30.0. The number of esters is 2. The molecule has 23 nitrogen and oxygen atoms in total. The largest absolute Gasteiger partial charge is 0.460 e. The minimum Gasteiger partial charge on any atom is -0.460 e. The summed E-state index contributed by atoms with van der Waals surface area (Å²) in [4.78, 5) is 92.1. The van der Waals surface area contributed by atoms with E-state index in [1.54, 1.807) is 6.92 Å². The van der Waals surface area contributed by atoms with Gasteiger partial charge >= 0.3 is 54.6 Å². The fraction of sp³-hybridized carbons (Fsp3) is 0.800. The number of hydrogen-bond acceptors (Lipinski definition) is 17. The molecule has 2 saturated carbocycles. The molecule has 0 aromatic heterocycles. The predicted molar refractivity (Wildman–Crippen MR) is 317 cm³/mol. The maximum absolute atomic E-state index is 13.5. The summed E-state index contributed by atoms with van der Waals surface area (Å²) in [6.07, 6.45) is 6.28. The van der Waals surface area contributed by atoms with Gasteiger partial charge in [0.1, 0.15) is 33.2 Å². The zero-order chi connectivity index (χ0) is 66.0. The third kappa shape index (κ3) is 43.9. The fourth-order valence-corrected chi connectivity index (χ4v) is 10.7. The number of nitrogens with one attached hydrogen (secondary N) is 6. The van der Waals surface area contributed by atoms with E-state index in [0.717, 1.165) is 70.6 Å². The molecule has 6 N–H and O–H groups in total. The molecule has 0 saturated heterocycles. The van der Waals surface area contributed by atoms with Gasteiger partial charge in [-0.3, -0.25) is 0 Å². The van der Waals surface area contributed by atoms with Crippen molar-refractivity contribution in [3.05, 3.63) is 24.3 Å². The first kappa shape index (κ1) is 80.7. The molecule has 2 aliphatic rings. The molecule has 2 aliphatic carbocycles. The van der Waals surface area contributed by atoms with Crippen molar-refractivity contribution in [3.8, 4) is 0 Å². The first-order valence-corrected chi connectivity index (χ1v) is 30.0. The molecule has 0 aromatic carbocycles. The number of alkyl halides is 4. The highest BCUT2D eigenvalue weighted by Crippen LogP contribution is 2.48. The number of amides is 6. The van der Waals surface area contributed by atoms with E-state index in [1.165, 1.54) is 20.4 Å². The van der Waals surface area contributed by atoms with Gasteiger partial charge in [0.25, 0.3) is 0 Å². The summed E-state index contributed by atoms with van der Waals surface area (Å²) in [6, 6.07) is -0.373. The van der Waals surface area contributed by atoms with Crippen LogP contribution in [0.5, 0.6) is 0 Å². The summed E-state index contributed by atoms with van der Waals surface area (Å²) in [7, 11) is 1.42. The Hall–Kier alpha value is -6.28. The molecule has 4 unspecified atom stereocenters. The van der Waals surface area contributed by atoms with Crippen molar-refractivity contribution in [2.75, 3.05) is 106 Å². The highest BCUT2D eigenvalue weighted by Gasteiger charge is 2.43. The van der Waals surface area contributed by atoms with Crippen LogP contribution < -0.4 is 31.9 Å². The summed E-state index contributed by atoms with van der Waals surface area (Å²) >= 11 is 0. The van der Waals surface area contributed by atoms with E-state index in [1.807, 2.05) is 20.8 Å². The number of ether oxygens (including phenoxy) is 9. The molecule has 0 radical (unpaired) electrons. The number of halogens is 4. The summed E-state index contributed by atoms with van der Waals surface area (Å²) in [5.74, 6) is -0.324. The Labute approximate surface area is 512 Å². The topological polar surface area (TPSA) is 292 Å². The number of rotatable bonds is 36. The van der Waals surface area contributed by atoms with Gasteiger partial charge in [0.05, 0.1) is 46.1 Å². The summed E-state index contributed by atoms with van der Waals surface area (Å²) in [6.45, 7) is 23.9. The summed E-state index contributed by atoms with van der Waals surface area (Å²) < 4.78 is 93.6. The summed E-state index contributed by atoms with van der Waals surface area (Å²) in [5.41, 5.74) is 0.431. The zero-order valence-electron chi connectivity index (χ0n) is 53.4. The van der Waals surface area contributed by atoms with Gasteiger partial charge in [-0.05, 0) is 106 Å². The van der Waals surface area contributed by atoms with E-state index in [2.05, 4.69) is 87.0 Å². The molecule has 87 heavy (non-hydrogen) atoms. The highest BCUT2D eigenvalue weighted by molar-refractivity contribution is 5.87. The third-order valence-electron chi connectivity index (χ3n) is 13.4. The maximum atomic E-state index is 13.5. The molecule has 0 heterocycles. The second kappa shape index (κ2) is 44.2. The smallest absolute Gasteiger partial charge is 0.407 e. The van der Waals surface area contributed by atoms with Gasteiger partial charge in [0, 0.05) is 37.3 Å². The quantitative estimate of drug-likeness (QED) is 0.0112. The van der Waals surface area contributed by atoms with Gasteiger partial charge in [-0.2, -0.15) is 8.78 Å². The molecule has 2 fully saturated rings. The fourth-order valence-electron chi connectivity index (χ4n) is 10.7. The van der Waals surface area contributed by atoms with E-state index in [0.29, 0.717) is 68.9 Å². The van der Waals surface area contributed by atoms with Crippen molar-refractivity contribution < 1.29 is 98.5 Å². The van der Waals surface area contributed by atoms with Crippen LogP contribution in [0.4, 0.5) is 46.3 Å². The Morgan fingerprint density at radius 2 is 0.851 bits per heavy atom. The second-order valence-corrected chi connectivity index (χ2v) is 24.4. The Kier molecular flexibility index (Phi) is 41.0. The summed E-state index contributed by atoms with van der Waals surface area (Å²) in [5, 5.41) is 15.6. The van der Waals surface area contributed by atoms with E-state index >= 15 is 0 Å². The minimum atomic E-state index is -3.78. The minimum absolute atomic E-state index is 0.0320. The maximum Gasteiger partial charge on any atom is 0.407 e. The van der Waals surface area contributed by atoms with Crippen molar-refractivity contribution in [1.82, 2.24) is 31.9 Å². The van der Waals surface area contributed by atoms with E-state index in [-0.39, 0.29) is 74.7 Å². The van der Waals surface area contributed by atoms with Crippen LogP contribution in [-0.2, 0) is 52.2 Å². The molecular formula is C60H104F4N6O17. The molecule has 27 heteroatoms. The van der Waals surface area contributed by atoms with Crippen molar-refractivity contribution in [1.29, 1.82) is 0 Å². The van der Waals surface area contributed by atoms with Gasteiger partial charge in [-0.15, -0.1) is 0 Å². The van der Waals surface area contributed by atoms with Crippen LogP contribution >= 0.6 is 0 Å². The van der Waals surface area contributed by atoms with Crippen LogP contribution in [0, 0.1) is 27.6 Å². The van der Waals surface area contributed by atoms with Crippen LogP contribution in [0.1, 0.15) is 165 Å². The molecule has 6 amide bonds. The molecule has 0 spiro atoms.